The van der Waals surface area contributed by atoms with Gasteiger partial charge in [-0.05, 0) is 31.6 Å². The first-order chi connectivity index (χ1) is 5.20. The summed E-state index contributed by atoms with van der Waals surface area (Å²) in [6.07, 6.45) is 4.96. The Hall–Kier alpha value is -0.140. The maximum absolute atomic E-state index is 13.1. The van der Waals surface area contributed by atoms with Crippen LogP contribution >= 0.6 is 0 Å². The van der Waals surface area contributed by atoms with E-state index in [4.69, 9.17) is 0 Å². The second kappa shape index (κ2) is 2.43. The van der Waals surface area contributed by atoms with E-state index in [-0.39, 0.29) is 12.3 Å². The van der Waals surface area contributed by atoms with Gasteiger partial charge in [0.05, 0.1) is 0 Å². The average Bonchev–Trinajstić information content (AvgIpc) is 2.07. The van der Waals surface area contributed by atoms with Crippen molar-refractivity contribution in [2.24, 2.45) is 11.8 Å². The second-order valence-corrected chi connectivity index (χ2v) is 3.95. The van der Waals surface area contributed by atoms with Crippen LogP contribution in [-0.4, -0.2) is 5.92 Å². The van der Waals surface area contributed by atoms with Crippen LogP contribution in [0.15, 0.2) is 0 Å². The van der Waals surface area contributed by atoms with Gasteiger partial charge in [0.15, 0.2) is 0 Å². The Morgan fingerprint density at radius 2 is 1.73 bits per heavy atom. The fourth-order valence-electron chi connectivity index (χ4n) is 2.38. The predicted molar refractivity (Wildman–Crippen MR) is 39.6 cm³/mol. The first-order valence-electron chi connectivity index (χ1n) is 4.58. The summed E-state index contributed by atoms with van der Waals surface area (Å²) >= 11 is 0. The Balaban J connectivity index is 2.00. The lowest BCUT2D eigenvalue weighted by molar-refractivity contribution is -0.0711. The molecule has 1 atom stereocenters. The molecule has 64 valence electrons. The van der Waals surface area contributed by atoms with Crippen molar-refractivity contribution in [1.82, 2.24) is 0 Å². The Bertz CT molecular complexity index is 150. The molecule has 1 unspecified atom stereocenters. The molecule has 2 fully saturated rings. The molecular formula is C9H14F2. The molecule has 0 radical (unpaired) electrons. The van der Waals surface area contributed by atoms with E-state index in [2.05, 4.69) is 0 Å². The van der Waals surface area contributed by atoms with Gasteiger partial charge in [0.1, 0.15) is 0 Å². The average molecular weight is 160 g/mol. The molecular weight excluding hydrogens is 146 g/mol. The molecule has 2 aliphatic rings. The van der Waals surface area contributed by atoms with Gasteiger partial charge in [-0.3, -0.25) is 0 Å². The summed E-state index contributed by atoms with van der Waals surface area (Å²) in [4.78, 5) is 0. The fraction of sp³-hybridized carbons (Fsp3) is 1.00. The van der Waals surface area contributed by atoms with E-state index in [1.165, 1.54) is 6.42 Å². The minimum absolute atomic E-state index is 0.147. The first-order valence-corrected chi connectivity index (χ1v) is 4.58. The summed E-state index contributed by atoms with van der Waals surface area (Å²) in [5, 5.41) is 0. The quantitative estimate of drug-likeness (QED) is 0.552. The minimum atomic E-state index is -2.31. The van der Waals surface area contributed by atoms with Gasteiger partial charge >= 0.3 is 0 Å². The summed E-state index contributed by atoms with van der Waals surface area (Å²) < 4.78 is 26.2. The number of rotatable bonds is 1. The van der Waals surface area contributed by atoms with Crippen molar-refractivity contribution >= 4 is 0 Å². The number of hydrogen-bond acceptors (Lipinski definition) is 0. The van der Waals surface area contributed by atoms with Crippen LogP contribution in [0.4, 0.5) is 8.78 Å². The highest BCUT2D eigenvalue weighted by Crippen LogP contribution is 2.50. The van der Waals surface area contributed by atoms with E-state index in [1.807, 2.05) is 0 Å². The smallest absolute Gasteiger partial charge is 0.207 e. The first kappa shape index (κ1) is 7.51. The van der Waals surface area contributed by atoms with E-state index in [9.17, 15) is 8.78 Å². The van der Waals surface area contributed by atoms with Crippen LogP contribution < -0.4 is 0 Å². The lowest BCUT2D eigenvalue weighted by Crippen LogP contribution is -2.32. The molecule has 2 heteroatoms. The molecule has 0 heterocycles. The Labute approximate surface area is 66.0 Å². The van der Waals surface area contributed by atoms with Crippen LogP contribution in [0.5, 0.6) is 0 Å². The van der Waals surface area contributed by atoms with E-state index in [1.54, 1.807) is 0 Å². The maximum atomic E-state index is 13.1. The lowest BCUT2D eigenvalue weighted by atomic mass is 9.74. The van der Waals surface area contributed by atoms with Crippen molar-refractivity contribution in [2.45, 2.75) is 44.4 Å². The second-order valence-electron chi connectivity index (χ2n) is 3.95. The van der Waals surface area contributed by atoms with E-state index in [0.717, 1.165) is 25.7 Å². The largest absolute Gasteiger partial charge is 0.251 e. The van der Waals surface area contributed by atoms with Gasteiger partial charge in [0.25, 0.3) is 5.92 Å². The molecule has 0 N–H and O–H groups in total. The standard InChI is InChI=1S/C9H14F2/c10-9(11)6-2-5-8(9)7-3-1-4-7/h7-8H,1-6H2. The molecule has 0 aromatic rings. The summed E-state index contributed by atoms with van der Waals surface area (Å²) in [7, 11) is 0. The van der Waals surface area contributed by atoms with Crippen LogP contribution in [0, 0.1) is 11.8 Å². The molecule has 2 rings (SSSR count). The van der Waals surface area contributed by atoms with Gasteiger partial charge in [0, 0.05) is 12.3 Å². The zero-order valence-electron chi connectivity index (χ0n) is 6.65. The number of alkyl halides is 2. The maximum Gasteiger partial charge on any atom is 0.251 e. The van der Waals surface area contributed by atoms with E-state index in [0.29, 0.717) is 5.92 Å². The van der Waals surface area contributed by atoms with Crippen LogP contribution in [0.25, 0.3) is 0 Å². The minimum Gasteiger partial charge on any atom is -0.207 e. The van der Waals surface area contributed by atoms with Crippen molar-refractivity contribution in [3.63, 3.8) is 0 Å². The lowest BCUT2D eigenvalue weighted by Gasteiger charge is -2.34. The predicted octanol–water partition coefficient (Wildman–Crippen LogP) is 3.22. The summed E-state index contributed by atoms with van der Waals surface area (Å²) in [6, 6.07) is 0. The van der Waals surface area contributed by atoms with Crippen molar-refractivity contribution in [2.75, 3.05) is 0 Å². The molecule has 2 saturated carbocycles. The van der Waals surface area contributed by atoms with Crippen molar-refractivity contribution in [3.05, 3.63) is 0 Å². The van der Waals surface area contributed by atoms with Crippen molar-refractivity contribution in [1.29, 1.82) is 0 Å². The number of halogens is 2. The normalized spacial score (nSPS) is 37.1. The zero-order chi connectivity index (χ0) is 7.90. The third kappa shape index (κ3) is 1.17. The van der Waals surface area contributed by atoms with Gasteiger partial charge < -0.3 is 0 Å². The van der Waals surface area contributed by atoms with Gasteiger partial charge in [-0.25, -0.2) is 8.78 Å². The molecule has 11 heavy (non-hydrogen) atoms. The van der Waals surface area contributed by atoms with E-state index < -0.39 is 5.92 Å². The Kier molecular flexibility index (Phi) is 1.66. The van der Waals surface area contributed by atoms with Gasteiger partial charge in [-0.2, -0.15) is 0 Å². The zero-order valence-corrected chi connectivity index (χ0v) is 6.65. The molecule has 0 bridgehead atoms. The molecule has 0 aromatic carbocycles. The third-order valence-electron chi connectivity index (χ3n) is 3.29. The molecule has 0 aromatic heterocycles. The molecule has 0 aliphatic heterocycles. The summed E-state index contributed by atoms with van der Waals surface area (Å²) in [5.41, 5.74) is 0. The van der Waals surface area contributed by atoms with Gasteiger partial charge in [0.2, 0.25) is 0 Å². The highest BCUT2D eigenvalue weighted by atomic mass is 19.3. The molecule has 0 nitrogen and oxygen atoms in total. The molecule has 0 spiro atoms. The Morgan fingerprint density at radius 3 is 2.09 bits per heavy atom. The van der Waals surface area contributed by atoms with Crippen LogP contribution in [-0.2, 0) is 0 Å². The van der Waals surface area contributed by atoms with Gasteiger partial charge in [-0.15, -0.1) is 0 Å². The number of hydrogen-bond donors (Lipinski definition) is 0. The molecule has 0 saturated heterocycles. The highest BCUT2D eigenvalue weighted by molar-refractivity contribution is 4.91. The van der Waals surface area contributed by atoms with Gasteiger partial charge in [-0.1, -0.05) is 6.42 Å². The van der Waals surface area contributed by atoms with Crippen molar-refractivity contribution < 1.29 is 8.78 Å². The SMILES string of the molecule is FC1(F)CCCC1C1CCC1. The Morgan fingerprint density at radius 1 is 1.00 bits per heavy atom. The molecule has 2 aliphatic carbocycles. The third-order valence-corrected chi connectivity index (χ3v) is 3.29. The van der Waals surface area contributed by atoms with Crippen LogP contribution in [0.3, 0.4) is 0 Å². The monoisotopic (exact) mass is 160 g/mol. The topological polar surface area (TPSA) is 0 Å². The van der Waals surface area contributed by atoms with E-state index >= 15 is 0 Å². The molecule has 0 amide bonds. The highest BCUT2D eigenvalue weighted by Gasteiger charge is 2.48. The van der Waals surface area contributed by atoms with Crippen LogP contribution in [0.1, 0.15) is 38.5 Å². The fourth-order valence-corrected chi connectivity index (χ4v) is 2.38. The summed E-state index contributed by atoms with van der Waals surface area (Å²) in [5.74, 6) is -2.20. The van der Waals surface area contributed by atoms with Crippen LogP contribution in [0.2, 0.25) is 0 Å². The van der Waals surface area contributed by atoms with Crippen molar-refractivity contribution in [3.8, 4) is 0 Å². The summed E-state index contributed by atoms with van der Waals surface area (Å²) in [6.45, 7) is 0.